The molecule has 0 spiro atoms. The van der Waals surface area contributed by atoms with E-state index in [2.05, 4.69) is 5.43 Å². The maximum absolute atomic E-state index is 13.6. The number of nitrogens with one attached hydrogen (secondary N) is 1. The van der Waals surface area contributed by atoms with Gasteiger partial charge in [0.15, 0.2) is 0 Å². The molecule has 0 aromatic heterocycles. The number of hydrogen-bond acceptors (Lipinski definition) is 5. The van der Waals surface area contributed by atoms with Crippen LogP contribution >= 0.6 is 0 Å². The summed E-state index contributed by atoms with van der Waals surface area (Å²) in [6.45, 7) is 1.17. The molecule has 1 aromatic carbocycles. The lowest BCUT2D eigenvalue weighted by Gasteiger charge is -2.42. The van der Waals surface area contributed by atoms with Gasteiger partial charge in [0.05, 0.1) is 18.8 Å². The molecule has 5 nitrogen and oxygen atoms in total. The van der Waals surface area contributed by atoms with Crippen LogP contribution in [-0.2, 0) is 9.47 Å². The molecule has 3 N–H and O–H groups in total. The predicted molar refractivity (Wildman–Crippen MR) is 72.8 cm³/mol. The van der Waals surface area contributed by atoms with Crippen molar-refractivity contribution < 1.29 is 18.6 Å². The van der Waals surface area contributed by atoms with Crippen LogP contribution in [0.1, 0.15) is 24.4 Å². The summed E-state index contributed by atoms with van der Waals surface area (Å²) in [6, 6.07) is 4.01. The summed E-state index contributed by atoms with van der Waals surface area (Å²) in [5.41, 5.74) is 2.87. The van der Waals surface area contributed by atoms with Gasteiger partial charge in [0.1, 0.15) is 11.6 Å². The average molecular weight is 284 g/mol. The number of rotatable bonds is 5. The zero-order valence-electron chi connectivity index (χ0n) is 11.8. The van der Waals surface area contributed by atoms with Crippen LogP contribution in [0.2, 0.25) is 0 Å². The second-order valence-electron chi connectivity index (χ2n) is 4.87. The second-order valence-corrected chi connectivity index (χ2v) is 4.87. The fourth-order valence-electron chi connectivity index (χ4n) is 2.78. The third-order valence-corrected chi connectivity index (χ3v) is 3.94. The van der Waals surface area contributed by atoms with Gasteiger partial charge in [-0.05, 0) is 18.2 Å². The topological polar surface area (TPSA) is 65.7 Å². The lowest BCUT2D eigenvalue weighted by atomic mass is 9.82. The molecule has 112 valence electrons. The second kappa shape index (κ2) is 6.49. The van der Waals surface area contributed by atoms with Crippen LogP contribution < -0.4 is 16.0 Å². The summed E-state index contributed by atoms with van der Waals surface area (Å²) in [5.74, 6) is 5.97. The fourth-order valence-corrected chi connectivity index (χ4v) is 2.78. The lowest BCUT2D eigenvalue weighted by molar-refractivity contribution is -0.112. The monoisotopic (exact) mass is 284 g/mol. The Bertz CT molecular complexity index is 450. The van der Waals surface area contributed by atoms with E-state index in [0.717, 1.165) is 0 Å². The molecular formula is C14H21FN2O3. The highest BCUT2D eigenvalue weighted by atomic mass is 19.1. The Balaban J connectivity index is 2.42. The molecule has 0 radical (unpaired) electrons. The Kier molecular flexibility index (Phi) is 4.93. The fraction of sp³-hybridized carbons (Fsp3) is 0.571. The Morgan fingerprint density at radius 2 is 2.05 bits per heavy atom. The molecule has 20 heavy (non-hydrogen) atoms. The molecule has 0 aliphatic carbocycles. The molecule has 2 rings (SSSR count). The molecule has 1 aliphatic heterocycles. The molecule has 1 atom stereocenters. The van der Waals surface area contributed by atoms with E-state index in [0.29, 0.717) is 37.4 Å². The molecule has 1 unspecified atom stereocenters. The van der Waals surface area contributed by atoms with E-state index >= 15 is 0 Å². The van der Waals surface area contributed by atoms with Gasteiger partial charge in [0.25, 0.3) is 0 Å². The summed E-state index contributed by atoms with van der Waals surface area (Å²) in [6.07, 6.45) is 1.36. The normalized spacial score (nSPS) is 19.6. The van der Waals surface area contributed by atoms with Crippen molar-refractivity contribution in [3.63, 3.8) is 0 Å². The summed E-state index contributed by atoms with van der Waals surface area (Å²) in [7, 11) is 3.19. The van der Waals surface area contributed by atoms with Gasteiger partial charge in [0.2, 0.25) is 0 Å². The molecule has 1 saturated heterocycles. The number of ether oxygens (including phenoxy) is 3. The Labute approximate surface area is 118 Å². The predicted octanol–water partition coefficient (Wildman–Crippen LogP) is 1.53. The standard InChI is InChI=1S/C14H21FN2O3/c1-18-12-4-3-10(15)9-11(12)13(17-16)14(19-2)5-7-20-8-6-14/h3-4,9,13,17H,5-8,16H2,1-2H3. The van der Waals surface area contributed by atoms with E-state index in [1.807, 2.05) is 0 Å². The first-order chi connectivity index (χ1) is 9.66. The maximum Gasteiger partial charge on any atom is 0.124 e. The van der Waals surface area contributed by atoms with E-state index in [-0.39, 0.29) is 11.9 Å². The van der Waals surface area contributed by atoms with Crippen LogP contribution in [0.15, 0.2) is 18.2 Å². The molecule has 1 fully saturated rings. The maximum atomic E-state index is 13.6. The molecular weight excluding hydrogens is 263 g/mol. The van der Waals surface area contributed by atoms with Crippen molar-refractivity contribution >= 4 is 0 Å². The van der Waals surface area contributed by atoms with Gasteiger partial charge in [-0.2, -0.15) is 0 Å². The van der Waals surface area contributed by atoms with Gasteiger partial charge in [-0.1, -0.05) is 0 Å². The lowest BCUT2D eigenvalue weighted by Crippen LogP contribution is -2.51. The highest BCUT2D eigenvalue weighted by molar-refractivity contribution is 5.38. The zero-order chi connectivity index (χ0) is 14.6. The number of methoxy groups -OCH3 is 2. The van der Waals surface area contributed by atoms with Gasteiger partial charge in [0, 0.05) is 38.7 Å². The van der Waals surface area contributed by atoms with Gasteiger partial charge in [-0.3, -0.25) is 5.84 Å². The number of benzene rings is 1. The zero-order valence-corrected chi connectivity index (χ0v) is 11.8. The quantitative estimate of drug-likeness (QED) is 0.634. The SMILES string of the molecule is COc1ccc(F)cc1C(NN)C1(OC)CCOCC1. The Morgan fingerprint density at radius 1 is 1.35 bits per heavy atom. The summed E-state index contributed by atoms with van der Waals surface area (Å²) < 4.78 is 30.0. The van der Waals surface area contributed by atoms with Crippen LogP contribution in [0, 0.1) is 5.82 Å². The summed E-state index contributed by atoms with van der Waals surface area (Å²) in [5, 5.41) is 0. The van der Waals surface area contributed by atoms with Crippen molar-refractivity contribution in [2.24, 2.45) is 5.84 Å². The molecule has 6 heteroatoms. The minimum absolute atomic E-state index is 0.334. The molecule has 0 bridgehead atoms. The van der Waals surface area contributed by atoms with Gasteiger partial charge in [-0.15, -0.1) is 0 Å². The van der Waals surface area contributed by atoms with Crippen molar-refractivity contribution in [2.45, 2.75) is 24.5 Å². The van der Waals surface area contributed by atoms with Crippen molar-refractivity contribution in [3.05, 3.63) is 29.6 Å². The number of hydrogen-bond donors (Lipinski definition) is 2. The van der Waals surface area contributed by atoms with Crippen LogP contribution in [-0.4, -0.2) is 33.0 Å². The van der Waals surface area contributed by atoms with E-state index in [1.54, 1.807) is 20.3 Å². The van der Waals surface area contributed by atoms with E-state index < -0.39 is 5.60 Å². The van der Waals surface area contributed by atoms with E-state index in [9.17, 15) is 4.39 Å². The molecule has 1 heterocycles. The van der Waals surface area contributed by atoms with Gasteiger partial charge in [-0.25, -0.2) is 9.82 Å². The van der Waals surface area contributed by atoms with Crippen LogP contribution in [0.5, 0.6) is 5.75 Å². The molecule has 1 aliphatic rings. The highest BCUT2D eigenvalue weighted by Gasteiger charge is 2.42. The van der Waals surface area contributed by atoms with E-state index in [1.165, 1.54) is 12.1 Å². The third kappa shape index (κ3) is 2.78. The Morgan fingerprint density at radius 3 is 2.60 bits per heavy atom. The first kappa shape index (κ1) is 15.2. The van der Waals surface area contributed by atoms with Crippen LogP contribution in [0.4, 0.5) is 4.39 Å². The minimum atomic E-state index is -0.534. The molecule has 0 amide bonds. The third-order valence-electron chi connectivity index (χ3n) is 3.94. The molecule has 0 saturated carbocycles. The van der Waals surface area contributed by atoms with Crippen molar-refractivity contribution in [2.75, 3.05) is 27.4 Å². The first-order valence-corrected chi connectivity index (χ1v) is 6.59. The van der Waals surface area contributed by atoms with Crippen molar-refractivity contribution in [3.8, 4) is 5.75 Å². The smallest absolute Gasteiger partial charge is 0.124 e. The summed E-state index contributed by atoms with van der Waals surface area (Å²) in [4.78, 5) is 0. The average Bonchev–Trinajstić information content (AvgIpc) is 2.49. The first-order valence-electron chi connectivity index (χ1n) is 6.59. The highest BCUT2D eigenvalue weighted by Crippen LogP contribution is 2.40. The van der Waals surface area contributed by atoms with E-state index in [4.69, 9.17) is 20.1 Å². The van der Waals surface area contributed by atoms with Gasteiger partial charge >= 0.3 is 0 Å². The Hall–Kier alpha value is -1.21. The van der Waals surface area contributed by atoms with Crippen LogP contribution in [0.25, 0.3) is 0 Å². The number of hydrazine groups is 1. The van der Waals surface area contributed by atoms with Crippen molar-refractivity contribution in [1.82, 2.24) is 5.43 Å². The minimum Gasteiger partial charge on any atom is -0.496 e. The molecule has 1 aromatic rings. The summed E-state index contributed by atoms with van der Waals surface area (Å²) >= 11 is 0. The van der Waals surface area contributed by atoms with Crippen molar-refractivity contribution in [1.29, 1.82) is 0 Å². The number of halogens is 1. The van der Waals surface area contributed by atoms with Gasteiger partial charge < -0.3 is 14.2 Å². The number of nitrogens with two attached hydrogens (primary N) is 1. The largest absolute Gasteiger partial charge is 0.496 e. The van der Waals surface area contributed by atoms with Crippen LogP contribution in [0.3, 0.4) is 0 Å².